The first-order chi connectivity index (χ1) is 15.3. The molecule has 0 bridgehead atoms. The van der Waals surface area contributed by atoms with Crippen molar-refractivity contribution in [2.75, 3.05) is 10.7 Å². The van der Waals surface area contributed by atoms with Gasteiger partial charge in [-0.1, -0.05) is 11.6 Å². The number of carbonyl (C=O) groups excluding carboxylic acids is 1. The summed E-state index contributed by atoms with van der Waals surface area (Å²) in [7, 11) is 0. The average molecular weight is 453 g/mol. The van der Waals surface area contributed by atoms with Crippen molar-refractivity contribution in [1.82, 2.24) is 0 Å². The van der Waals surface area contributed by atoms with Crippen LogP contribution in [0, 0.1) is 24.0 Å². The van der Waals surface area contributed by atoms with Gasteiger partial charge in [-0.15, -0.1) is 0 Å². The molecule has 4 rings (SSSR count). The van der Waals surface area contributed by atoms with E-state index >= 15 is 0 Å². The smallest absolute Gasteiger partial charge is 0.291 e. The van der Waals surface area contributed by atoms with Gasteiger partial charge in [0.05, 0.1) is 16.3 Å². The number of furan rings is 1. The van der Waals surface area contributed by atoms with E-state index in [1.54, 1.807) is 30.3 Å². The van der Waals surface area contributed by atoms with E-state index in [-0.39, 0.29) is 17.4 Å². The third-order valence-electron chi connectivity index (χ3n) is 5.37. The highest BCUT2D eigenvalue weighted by Crippen LogP contribution is 2.31. The van der Waals surface area contributed by atoms with Crippen LogP contribution in [0.1, 0.15) is 45.8 Å². The van der Waals surface area contributed by atoms with Gasteiger partial charge in [0.25, 0.3) is 11.6 Å². The quantitative estimate of drug-likeness (QED) is 0.372. The standard InChI is InChI=1S/C23H21ClN4O4/c1-13-12-15(24)6-11-18(13)25-23(29)22-14(2)21-19(4-3-5-20(21)32-22)27-26-16-7-9-17(10-8-16)28(30)31/h6-12,26H,3-5H2,1-2H3,(H,25,29)/b27-19+. The number of nitrogens with one attached hydrogen (secondary N) is 2. The summed E-state index contributed by atoms with van der Waals surface area (Å²) >= 11 is 6.00. The van der Waals surface area contributed by atoms with Crippen LogP contribution in [0.25, 0.3) is 0 Å². The molecule has 0 unspecified atom stereocenters. The van der Waals surface area contributed by atoms with Crippen LogP contribution < -0.4 is 10.7 Å². The van der Waals surface area contributed by atoms with Crippen LogP contribution in [0.2, 0.25) is 5.02 Å². The number of carbonyl (C=O) groups is 1. The van der Waals surface area contributed by atoms with Crippen molar-refractivity contribution >= 4 is 40.3 Å². The summed E-state index contributed by atoms with van der Waals surface area (Å²) in [5.74, 6) is 0.662. The van der Waals surface area contributed by atoms with Crippen LogP contribution in [0.4, 0.5) is 17.1 Å². The van der Waals surface area contributed by atoms with Crippen LogP contribution in [0.5, 0.6) is 0 Å². The Hall–Kier alpha value is -3.65. The Morgan fingerprint density at radius 2 is 1.91 bits per heavy atom. The van der Waals surface area contributed by atoms with Crippen molar-refractivity contribution in [1.29, 1.82) is 0 Å². The van der Waals surface area contributed by atoms with Gasteiger partial charge in [-0.25, -0.2) is 0 Å². The highest BCUT2D eigenvalue weighted by atomic mass is 35.5. The fourth-order valence-corrected chi connectivity index (χ4v) is 3.96. The molecule has 0 saturated carbocycles. The van der Waals surface area contributed by atoms with Gasteiger partial charge >= 0.3 is 0 Å². The zero-order valence-corrected chi connectivity index (χ0v) is 18.3. The maximum absolute atomic E-state index is 12.9. The normalized spacial score (nSPS) is 14.2. The van der Waals surface area contributed by atoms with Crippen LogP contribution in [-0.2, 0) is 6.42 Å². The molecule has 1 aliphatic carbocycles. The number of anilines is 2. The summed E-state index contributed by atoms with van der Waals surface area (Å²) in [4.78, 5) is 23.3. The number of aryl methyl sites for hydroxylation is 2. The Balaban J connectivity index is 1.57. The second kappa shape index (κ2) is 8.84. The number of nitro groups is 1. The summed E-state index contributed by atoms with van der Waals surface area (Å²) in [6, 6.07) is 11.3. The number of nitrogens with zero attached hydrogens (tertiary/aromatic N) is 2. The maximum atomic E-state index is 12.9. The Labute approximate surface area is 189 Å². The van der Waals surface area contributed by atoms with Gasteiger partial charge < -0.3 is 9.73 Å². The lowest BCUT2D eigenvalue weighted by molar-refractivity contribution is -0.384. The Bertz CT molecular complexity index is 1230. The number of hydrogen-bond donors (Lipinski definition) is 2. The molecule has 0 saturated heterocycles. The van der Waals surface area contributed by atoms with Crippen molar-refractivity contribution < 1.29 is 14.1 Å². The summed E-state index contributed by atoms with van der Waals surface area (Å²) < 4.78 is 5.94. The lowest BCUT2D eigenvalue weighted by atomic mass is 9.93. The zero-order valence-electron chi connectivity index (χ0n) is 17.6. The van der Waals surface area contributed by atoms with E-state index < -0.39 is 4.92 Å². The van der Waals surface area contributed by atoms with Gasteiger partial charge in [0, 0.05) is 40.4 Å². The van der Waals surface area contributed by atoms with E-state index in [1.165, 1.54) is 12.1 Å². The van der Waals surface area contributed by atoms with Crippen molar-refractivity contribution in [3.05, 3.63) is 85.8 Å². The first-order valence-electron chi connectivity index (χ1n) is 10.1. The molecule has 0 radical (unpaired) electrons. The molecule has 9 heteroatoms. The predicted molar refractivity (Wildman–Crippen MR) is 124 cm³/mol. The number of rotatable bonds is 5. The van der Waals surface area contributed by atoms with Crippen molar-refractivity contribution in [2.45, 2.75) is 33.1 Å². The molecule has 3 aromatic rings. The molecule has 8 nitrogen and oxygen atoms in total. The van der Waals surface area contributed by atoms with Gasteiger partial charge in [-0.3, -0.25) is 20.3 Å². The molecule has 1 aromatic heterocycles. The predicted octanol–water partition coefficient (Wildman–Crippen LogP) is 5.86. The van der Waals surface area contributed by atoms with Crippen molar-refractivity contribution in [3.8, 4) is 0 Å². The molecule has 2 N–H and O–H groups in total. The van der Waals surface area contributed by atoms with Crippen molar-refractivity contribution in [3.63, 3.8) is 0 Å². The van der Waals surface area contributed by atoms with Gasteiger partial charge in [0.2, 0.25) is 0 Å². The number of nitro benzene ring substituents is 1. The number of non-ortho nitro benzene ring substituents is 1. The van der Waals surface area contributed by atoms with E-state index in [2.05, 4.69) is 15.8 Å². The highest BCUT2D eigenvalue weighted by molar-refractivity contribution is 6.30. The minimum atomic E-state index is -0.448. The fraction of sp³-hybridized carbons (Fsp3) is 0.217. The van der Waals surface area contributed by atoms with Gasteiger partial charge in [-0.05, 0) is 62.6 Å². The lowest BCUT2D eigenvalue weighted by Gasteiger charge is -2.13. The molecule has 164 valence electrons. The highest BCUT2D eigenvalue weighted by Gasteiger charge is 2.28. The average Bonchev–Trinajstić information content (AvgIpc) is 3.12. The van der Waals surface area contributed by atoms with E-state index in [9.17, 15) is 14.9 Å². The van der Waals surface area contributed by atoms with Gasteiger partial charge in [0.15, 0.2) is 5.76 Å². The summed E-state index contributed by atoms with van der Waals surface area (Å²) in [5.41, 5.74) is 7.47. The summed E-state index contributed by atoms with van der Waals surface area (Å²) in [5, 5.41) is 18.8. The number of halogens is 1. The number of hydrogen-bond acceptors (Lipinski definition) is 6. The Kier molecular flexibility index (Phi) is 5.96. The summed E-state index contributed by atoms with van der Waals surface area (Å²) in [6.07, 6.45) is 2.29. The molecule has 32 heavy (non-hydrogen) atoms. The third kappa shape index (κ3) is 4.36. The maximum Gasteiger partial charge on any atom is 0.291 e. The summed E-state index contributed by atoms with van der Waals surface area (Å²) in [6.45, 7) is 3.72. The van der Waals surface area contributed by atoms with Crippen LogP contribution >= 0.6 is 11.6 Å². The molecule has 0 aliphatic heterocycles. The topological polar surface area (TPSA) is 110 Å². The first kappa shape index (κ1) is 21.6. The van der Waals surface area contributed by atoms with Crippen LogP contribution in [-0.4, -0.2) is 16.5 Å². The Morgan fingerprint density at radius 1 is 1.16 bits per heavy atom. The molecule has 1 aliphatic rings. The molecular formula is C23H21ClN4O4. The second-order valence-corrected chi connectivity index (χ2v) is 8.03. The molecule has 2 aromatic carbocycles. The third-order valence-corrected chi connectivity index (χ3v) is 5.60. The number of hydrazone groups is 1. The largest absolute Gasteiger partial charge is 0.455 e. The zero-order chi connectivity index (χ0) is 22.8. The van der Waals surface area contributed by atoms with E-state index in [0.717, 1.165) is 47.4 Å². The van der Waals surface area contributed by atoms with Crippen LogP contribution in [0.15, 0.2) is 52.0 Å². The first-order valence-corrected chi connectivity index (χ1v) is 10.5. The SMILES string of the molecule is Cc1cc(Cl)ccc1NC(=O)c1oc2c(c1C)/C(=N/Nc1ccc([N+](=O)[O-])cc1)CCC2. The molecular weight excluding hydrogens is 432 g/mol. The monoisotopic (exact) mass is 452 g/mol. The van der Waals surface area contributed by atoms with Crippen LogP contribution in [0.3, 0.4) is 0 Å². The number of benzene rings is 2. The second-order valence-electron chi connectivity index (χ2n) is 7.60. The molecule has 1 heterocycles. The van der Waals surface area contributed by atoms with E-state index in [4.69, 9.17) is 16.0 Å². The number of fused-ring (bicyclic) bond motifs is 1. The minimum absolute atomic E-state index is 0.0143. The van der Waals surface area contributed by atoms with Gasteiger partial charge in [0.1, 0.15) is 5.76 Å². The molecule has 0 atom stereocenters. The molecule has 0 spiro atoms. The van der Waals surface area contributed by atoms with E-state index in [1.807, 2.05) is 13.8 Å². The molecule has 0 fully saturated rings. The van der Waals surface area contributed by atoms with Gasteiger partial charge in [-0.2, -0.15) is 5.10 Å². The Morgan fingerprint density at radius 3 is 2.59 bits per heavy atom. The number of amides is 1. The lowest BCUT2D eigenvalue weighted by Crippen LogP contribution is -2.15. The fourth-order valence-electron chi connectivity index (χ4n) is 3.73. The molecule has 1 amide bonds. The van der Waals surface area contributed by atoms with Crippen molar-refractivity contribution in [2.24, 2.45) is 5.10 Å². The van der Waals surface area contributed by atoms with E-state index in [0.29, 0.717) is 16.4 Å². The minimum Gasteiger partial charge on any atom is -0.455 e.